The number of esters is 2. The van der Waals surface area contributed by atoms with Crippen LogP contribution in [0, 0.1) is 23.7 Å². The van der Waals surface area contributed by atoms with Gasteiger partial charge in [-0.2, -0.15) is 0 Å². The molecule has 1 N–H and O–H groups in total. The van der Waals surface area contributed by atoms with Gasteiger partial charge in [0.1, 0.15) is 18.0 Å². The Labute approximate surface area is 191 Å². The number of ether oxygens (including phenoxy) is 3. The number of aliphatic hydroxyl groups excluding tert-OH is 1. The van der Waals surface area contributed by atoms with E-state index in [4.69, 9.17) is 14.2 Å². The molecular weight excluding hydrogens is 412 g/mol. The molecule has 0 spiro atoms. The molecule has 8 atom stereocenters. The number of carbonyl (C=O) groups excluding carboxylic acids is 3. The Kier molecular flexibility index (Phi) is 9.64. The third-order valence-electron chi connectivity index (χ3n) is 6.60. The van der Waals surface area contributed by atoms with E-state index in [1.165, 1.54) is 13.2 Å². The second-order valence-corrected chi connectivity index (χ2v) is 9.40. The van der Waals surface area contributed by atoms with Gasteiger partial charge in [0.2, 0.25) is 6.10 Å². The van der Waals surface area contributed by atoms with Gasteiger partial charge in [0.15, 0.2) is 0 Å². The molecule has 0 aromatic carbocycles. The van der Waals surface area contributed by atoms with Crippen LogP contribution in [0.2, 0.25) is 0 Å². The molecule has 0 saturated carbocycles. The Morgan fingerprint density at radius 3 is 2.34 bits per heavy atom. The van der Waals surface area contributed by atoms with Crippen molar-refractivity contribution in [2.45, 2.75) is 84.7 Å². The highest BCUT2D eigenvalue weighted by Gasteiger charge is 2.37. The van der Waals surface area contributed by atoms with Crippen LogP contribution in [0.5, 0.6) is 0 Å². The summed E-state index contributed by atoms with van der Waals surface area (Å²) in [5, 5.41) is 10.7. The molecule has 2 rings (SSSR count). The second kappa shape index (κ2) is 11.8. The van der Waals surface area contributed by atoms with Crippen molar-refractivity contribution in [3.05, 3.63) is 23.8 Å². The van der Waals surface area contributed by atoms with Gasteiger partial charge in [0.25, 0.3) is 0 Å². The Hall–Kier alpha value is -1.99. The molecule has 0 aromatic heterocycles. The van der Waals surface area contributed by atoms with Gasteiger partial charge in [-0.05, 0) is 37.2 Å². The molecule has 2 heterocycles. The summed E-state index contributed by atoms with van der Waals surface area (Å²) in [6.07, 6.45) is 3.52. The second-order valence-electron chi connectivity index (χ2n) is 9.40. The van der Waals surface area contributed by atoms with Crippen LogP contribution in [0.25, 0.3) is 0 Å². The Morgan fingerprint density at radius 2 is 1.69 bits per heavy atom. The van der Waals surface area contributed by atoms with Crippen LogP contribution >= 0.6 is 0 Å². The van der Waals surface area contributed by atoms with Crippen LogP contribution < -0.4 is 0 Å². The number of ketones is 1. The Balaban J connectivity index is 2.54. The van der Waals surface area contributed by atoms with E-state index < -0.39 is 48.2 Å². The van der Waals surface area contributed by atoms with Crippen LogP contribution in [0.3, 0.4) is 0 Å². The molecule has 32 heavy (non-hydrogen) atoms. The first kappa shape index (κ1) is 26.3. The summed E-state index contributed by atoms with van der Waals surface area (Å²) in [5.41, 5.74) is 0.771. The minimum absolute atomic E-state index is 0.00382. The molecule has 7 heteroatoms. The number of aliphatic hydroxyl groups is 1. The zero-order chi connectivity index (χ0) is 24.0. The zero-order valence-electron chi connectivity index (χ0n) is 20.1. The third kappa shape index (κ3) is 6.75. The summed E-state index contributed by atoms with van der Waals surface area (Å²) in [6.45, 7) is 9.43. The van der Waals surface area contributed by atoms with Crippen LogP contribution in [-0.4, -0.2) is 54.4 Å². The average molecular weight is 451 g/mol. The maximum atomic E-state index is 13.1. The van der Waals surface area contributed by atoms with E-state index in [0.29, 0.717) is 0 Å². The van der Waals surface area contributed by atoms with Gasteiger partial charge >= 0.3 is 11.9 Å². The van der Waals surface area contributed by atoms with E-state index in [1.807, 2.05) is 32.9 Å². The highest BCUT2D eigenvalue weighted by atomic mass is 16.6. The fraction of sp³-hybridized carbons (Fsp3) is 0.720. The van der Waals surface area contributed by atoms with Crippen molar-refractivity contribution in [1.82, 2.24) is 0 Å². The predicted octanol–water partition coefficient (Wildman–Crippen LogP) is 3.39. The van der Waals surface area contributed by atoms with Crippen molar-refractivity contribution in [2.24, 2.45) is 23.7 Å². The van der Waals surface area contributed by atoms with E-state index in [2.05, 4.69) is 0 Å². The SMILES string of the molecule is CO[C@@H]1CC(=O)O[C@H]2C(=O)O[C@H](/C(C)=C/[C@@H](C)C(=O)[C@@H]1C)[C@@H](C)CCC[C@@H](C)/C=C/[C@H]2O. The van der Waals surface area contributed by atoms with Crippen molar-refractivity contribution in [3.8, 4) is 0 Å². The van der Waals surface area contributed by atoms with Crippen LogP contribution in [0.15, 0.2) is 23.8 Å². The first-order valence-electron chi connectivity index (χ1n) is 11.6. The smallest absolute Gasteiger partial charge is 0.351 e. The Bertz CT molecular complexity index is 741. The molecule has 0 fully saturated rings. The molecule has 0 unspecified atom stereocenters. The number of allylic oxidation sites excluding steroid dienone is 2. The fourth-order valence-electron chi connectivity index (χ4n) is 4.51. The molecule has 0 saturated heterocycles. The molecule has 2 aliphatic heterocycles. The molecular formula is C25H38O7. The zero-order valence-corrected chi connectivity index (χ0v) is 20.1. The quantitative estimate of drug-likeness (QED) is 0.483. The maximum Gasteiger partial charge on any atom is 0.351 e. The number of hydrogen-bond donors (Lipinski definition) is 1. The summed E-state index contributed by atoms with van der Waals surface area (Å²) in [4.78, 5) is 38.8. The summed E-state index contributed by atoms with van der Waals surface area (Å²) >= 11 is 0. The van der Waals surface area contributed by atoms with E-state index in [0.717, 1.165) is 24.8 Å². The maximum absolute atomic E-state index is 13.1. The van der Waals surface area contributed by atoms with E-state index >= 15 is 0 Å². The summed E-state index contributed by atoms with van der Waals surface area (Å²) in [6, 6.07) is 0. The highest BCUT2D eigenvalue weighted by molar-refractivity contribution is 5.86. The van der Waals surface area contributed by atoms with Gasteiger partial charge in [-0.1, -0.05) is 52.3 Å². The highest BCUT2D eigenvalue weighted by Crippen LogP contribution is 2.28. The molecule has 7 nitrogen and oxygen atoms in total. The number of methoxy groups -OCH3 is 1. The first-order valence-corrected chi connectivity index (χ1v) is 11.6. The first-order chi connectivity index (χ1) is 15.0. The van der Waals surface area contributed by atoms with E-state index in [1.54, 1.807) is 13.8 Å². The van der Waals surface area contributed by atoms with Crippen molar-refractivity contribution in [3.63, 3.8) is 0 Å². The number of rotatable bonds is 1. The van der Waals surface area contributed by atoms with Crippen LogP contribution in [-0.2, 0) is 28.6 Å². The summed E-state index contributed by atoms with van der Waals surface area (Å²) in [7, 11) is 1.43. The number of hydrogen-bond acceptors (Lipinski definition) is 7. The van der Waals surface area contributed by atoms with Gasteiger partial charge in [-0.15, -0.1) is 0 Å². The lowest BCUT2D eigenvalue weighted by Gasteiger charge is -2.29. The third-order valence-corrected chi connectivity index (χ3v) is 6.60. The number of fused-ring (bicyclic) bond motifs is 3. The van der Waals surface area contributed by atoms with Gasteiger partial charge in [0, 0.05) is 18.9 Å². The van der Waals surface area contributed by atoms with Gasteiger partial charge in [-0.25, -0.2) is 4.79 Å². The lowest BCUT2D eigenvalue weighted by Crippen LogP contribution is -2.42. The summed E-state index contributed by atoms with van der Waals surface area (Å²) < 4.78 is 16.6. The monoisotopic (exact) mass is 450 g/mol. The molecule has 0 aliphatic carbocycles. The molecule has 2 bridgehead atoms. The number of Topliss-reactive ketones (excluding diaryl/α,β-unsaturated/α-hetero) is 1. The minimum atomic E-state index is -1.49. The van der Waals surface area contributed by atoms with Crippen molar-refractivity contribution >= 4 is 17.7 Å². The lowest BCUT2D eigenvalue weighted by atomic mass is 9.86. The molecule has 0 amide bonds. The van der Waals surface area contributed by atoms with E-state index in [-0.39, 0.29) is 24.0 Å². The van der Waals surface area contributed by atoms with E-state index in [9.17, 15) is 19.5 Å². The lowest BCUT2D eigenvalue weighted by molar-refractivity contribution is -0.179. The fourth-order valence-corrected chi connectivity index (χ4v) is 4.51. The van der Waals surface area contributed by atoms with Crippen molar-refractivity contribution in [1.29, 1.82) is 0 Å². The van der Waals surface area contributed by atoms with Crippen LogP contribution in [0.4, 0.5) is 0 Å². The van der Waals surface area contributed by atoms with Gasteiger partial charge < -0.3 is 19.3 Å². The van der Waals surface area contributed by atoms with Gasteiger partial charge in [-0.3, -0.25) is 9.59 Å². The number of carbonyl (C=O) groups is 3. The molecule has 180 valence electrons. The predicted molar refractivity (Wildman–Crippen MR) is 120 cm³/mol. The summed E-state index contributed by atoms with van der Waals surface area (Å²) in [5.74, 6) is -2.37. The van der Waals surface area contributed by atoms with Crippen molar-refractivity contribution < 1.29 is 33.7 Å². The molecule has 0 aromatic rings. The standard InChI is InChI=1S/C25H38O7/c1-14-8-7-9-15(2)23-17(4)12-16(3)22(28)18(5)20(30-6)13-21(27)31-24(25(29)32-23)19(26)11-10-14/h10-12,14-16,18-20,23-24,26H,7-9,13H2,1-6H3/b11-10+,17-12+/t14-,15+,16-,18-,19-,20-,23+,24-/m1/s1. The largest absolute Gasteiger partial charge is 0.455 e. The average Bonchev–Trinajstić information content (AvgIpc) is 2.75. The Morgan fingerprint density at radius 1 is 1.00 bits per heavy atom. The van der Waals surface area contributed by atoms with Gasteiger partial charge in [0.05, 0.1) is 12.5 Å². The molecule has 0 radical (unpaired) electrons. The van der Waals surface area contributed by atoms with Crippen molar-refractivity contribution in [2.75, 3.05) is 7.11 Å². The molecule has 2 aliphatic rings. The van der Waals surface area contributed by atoms with Crippen LogP contribution in [0.1, 0.15) is 60.3 Å². The topological polar surface area (TPSA) is 99.1 Å². The minimum Gasteiger partial charge on any atom is -0.455 e. The normalized spacial score (nSPS) is 40.8.